The normalized spacial score (nSPS) is 42.0. The Kier molecular flexibility index (Phi) is 9.51. The standard InChI is InChI=1S/C37H57NO8S/c1-6-26-30-19-24(40)13-16-37(30,5)29-14-17-36(4)27(10-11-28(36)32(29)33(26)41)22(2)20-45-34(42)38-47(43,44)25-9-12-31-23(18-25)8-7-15-35(3,21-39)46-31/h9,12,18,22,24,26-30,32-33,39-41H,6-8,10-11,13-17,19-21H2,1-5H3,(H,38,42)/t22-,24-,26-,27-,28+,29+,30+,32+,33-,35?,36-,37-/m1/s1. The zero-order valence-electron chi connectivity index (χ0n) is 28.9. The van der Waals surface area contributed by atoms with Crippen LogP contribution in [0.15, 0.2) is 23.1 Å². The van der Waals surface area contributed by atoms with Crippen molar-refractivity contribution in [2.24, 2.45) is 52.3 Å². The van der Waals surface area contributed by atoms with Crippen LogP contribution in [0, 0.1) is 52.3 Å². The maximum atomic E-state index is 13.2. The zero-order chi connectivity index (χ0) is 33.9. The summed E-state index contributed by atoms with van der Waals surface area (Å²) >= 11 is 0. The van der Waals surface area contributed by atoms with Crippen molar-refractivity contribution in [2.75, 3.05) is 13.2 Å². The van der Waals surface area contributed by atoms with Gasteiger partial charge in [-0.15, -0.1) is 0 Å². The lowest BCUT2D eigenvalue weighted by Gasteiger charge is -2.64. The summed E-state index contributed by atoms with van der Waals surface area (Å²) in [7, 11) is -4.16. The fraction of sp³-hybridized carbons (Fsp3) is 0.811. The molecule has 10 heteroatoms. The van der Waals surface area contributed by atoms with Crippen LogP contribution in [0.4, 0.5) is 4.79 Å². The van der Waals surface area contributed by atoms with Gasteiger partial charge in [0.15, 0.2) is 0 Å². The maximum Gasteiger partial charge on any atom is 0.421 e. The van der Waals surface area contributed by atoms with Crippen LogP contribution in [-0.2, 0) is 21.2 Å². The first kappa shape index (κ1) is 35.0. The molecule has 5 aliphatic rings. The Labute approximate surface area is 281 Å². The van der Waals surface area contributed by atoms with Crippen LogP contribution in [0.2, 0.25) is 0 Å². The second kappa shape index (κ2) is 12.8. The molecule has 0 saturated heterocycles. The predicted octanol–water partition coefficient (Wildman–Crippen LogP) is 5.83. The van der Waals surface area contributed by atoms with Crippen molar-refractivity contribution in [1.82, 2.24) is 4.72 Å². The Morgan fingerprint density at radius 1 is 1.04 bits per heavy atom. The average molecular weight is 676 g/mol. The molecule has 47 heavy (non-hydrogen) atoms. The fourth-order valence-corrected chi connectivity index (χ4v) is 12.5. The van der Waals surface area contributed by atoms with Crippen molar-refractivity contribution in [1.29, 1.82) is 0 Å². The van der Waals surface area contributed by atoms with E-state index in [9.17, 15) is 28.5 Å². The molecule has 264 valence electrons. The zero-order valence-corrected chi connectivity index (χ0v) is 29.7. The van der Waals surface area contributed by atoms with Crippen molar-refractivity contribution >= 4 is 16.1 Å². The maximum absolute atomic E-state index is 13.2. The first-order valence-corrected chi connectivity index (χ1v) is 19.6. The number of aliphatic hydroxyl groups excluding tert-OH is 3. The van der Waals surface area contributed by atoms with E-state index in [1.807, 2.05) is 6.92 Å². The van der Waals surface area contributed by atoms with E-state index in [0.29, 0.717) is 42.3 Å². The molecule has 1 aromatic rings. The highest BCUT2D eigenvalue weighted by molar-refractivity contribution is 7.90. The number of nitrogens with one attached hydrogen (secondary N) is 1. The van der Waals surface area contributed by atoms with Gasteiger partial charge in [0.05, 0.1) is 30.3 Å². The van der Waals surface area contributed by atoms with Crippen molar-refractivity contribution in [3.05, 3.63) is 23.8 Å². The number of ether oxygens (including phenoxy) is 2. The molecular weight excluding hydrogens is 618 g/mol. The number of aryl methyl sites for hydroxylation is 1. The van der Waals surface area contributed by atoms with Gasteiger partial charge in [-0.1, -0.05) is 34.1 Å². The van der Waals surface area contributed by atoms with Gasteiger partial charge in [0, 0.05) is 0 Å². The smallest absolute Gasteiger partial charge is 0.421 e. The minimum absolute atomic E-state index is 0.0131. The Balaban J connectivity index is 1.10. The van der Waals surface area contributed by atoms with Crippen LogP contribution in [0.5, 0.6) is 5.75 Å². The molecule has 4 N–H and O–H groups in total. The molecule has 0 aromatic heterocycles. The second-order valence-corrected chi connectivity index (χ2v) is 18.3. The molecule has 1 aromatic carbocycles. The lowest BCUT2D eigenvalue weighted by Crippen LogP contribution is -2.62. The number of rotatable bonds is 7. The number of hydrogen-bond donors (Lipinski definition) is 4. The summed E-state index contributed by atoms with van der Waals surface area (Å²) in [5.74, 6) is 2.54. The van der Waals surface area contributed by atoms with Crippen LogP contribution < -0.4 is 9.46 Å². The molecule has 1 heterocycles. The molecule has 12 atom stereocenters. The van der Waals surface area contributed by atoms with Crippen molar-refractivity contribution in [3.63, 3.8) is 0 Å². The predicted molar refractivity (Wildman–Crippen MR) is 178 cm³/mol. The highest BCUT2D eigenvalue weighted by Crippen LogP contribution is 2.69. The molecular formula is C37H57NO8S. The number of benzene rings is 1. The molecule has 4 aliphatic carbocycles. The molecule has 4 saturated carbocycles. The number of aliphatic hydroxyl groups is 3. The molecule has 1 aliphatic heterocycles. The van der Waals surface area contributed by atoms with Crippen LogP contribution >= 0.6 is 0 Å². The third-order valence-corrected chi connectivity index (χ3v) is 15.3. The van der Waals surface area contributed by atoms with Crippen molar-refractivity contribution < 1.29 is 38.0 Å². The average Bonchev–Trinajstić information content (AvgIpc) is 3.28. The highest BCUT2D eigenvalue weighted by atomic mass is 32.2. The summed E-state index contributed by atoms with van der Waals surface area (Å²) in [6.45, 7) is 10.9. The summed E-state index contributed by atoms with van der Waals surface area (Å²) in [5.41, 5.74) is 0.171. The molecule has 0 spiro atoms. The molecule has 0 radical (unpaired) electrons. The Morgan fingerprint density at radius 2 is 1.77 bits per heavy atom. The van der Waals surface area contributed by atoms with Crippen LogP contribution in [0.1, 0.15) is 104 Å². The summed E-state index contributed by atoms with van der Waals surface area (Å²) in [6.07, 6.45) is 8.20. The van der Waals surface area contributed by atoms with E-state index in [-0.39, 0.29) is 58.9 Å². The number of fused-ring (bicyclic) bond motifs is 6. The van der Waals surface area contributed by atoms with Crippen LogP contribution in [0.3, 0.4) is 0 Å². The summed E-state index contributed by atoms with van der Waals surface area (Å²) < 4.78 is 40.0. The number of sulfonamides is 1. The Bertz CT molecular complexity index is 1440. The van der Waals surface area contributed by atoms with E-state index < -0.39 is 21.7 Å². The van der Waals surface area contributed by atoms with E-state index in [1.54, 1.807) is 6.07 Å². The summed E-state index contributed by atoms with van der Waals surface area (Å²) in [4.78, 5) is 12.8. The van der Waals surface area contributed by atoms with Gasteiger partial charge in [-0.3, -0.25) is 0 Å². The molecule has 9 nitrogen and oxygen atoms in total. The highest BCUT2D eigenvalue weighted by Gasteiger charge is 2.65. The first-order chi connectivity index (χ1) is 22.2. The van der Waals surface area contributed by atoms with Crippen LogP contribution in [0.25, 0.3) is 0 Å². The van der Waals surface area contributed by atoms with Crippen molar-refractivity contribution in [2.45, 2.75) is 128 Å². The minimum atomic E-state index is -4.16. The lowest BCUT2D eigenvalue weighted by molar-refractivity contribution is -0.203. The van der Waals surface area contributed by atoms with E-state index in [2.05, 4.69) is 32.4 Å². The number of carbonyl (C=O) groups excluding carboxylic acids is 1. The monoisotopic (exact) mass is 675 g/mol. The van der Waals surface area contributed by atoms with E-state index >= 15 is 0 Å². The third-order valence-electron chi connectivity index (χ3n) is 14.0. The lowest BCUT2D eigenvalue weighted by atomic mass is 9.41. The molecule has 1 unspecified atom stereocenters. The van der Waals surface area contributed by atoms with E-state index in [4.69, 9.17) is 9.47 Å². The summed E-state index contributed by atoms with van der Waals surface area (Å²) in [5, 5.41) is 32.3. The molecule has 0 bridgehead atoms. The van der Waals surface area contributed by atoms with E-state index in [0.717, 1.165) is 63.4 Å². The van der Waals surface area contributed by atoms with Gasteiger partial charge in [0.25, 0.3) is 10.0 Å². The quantitative estimate of drug-likeness (QED) is 0.283. The SMILES string of the molecule is CC[C@H]1[C@@H](O)[C@@H]2[C@H](CC[C@]3(C)[C@@H]([C@H](C)COC(=O)NS(=O)(=O)c4ccc5c(c4)CCCC(C)(CO)O5)CC[C@@H]23)[C@@]2(C)CC[C@@H](O)C[C@@H]12. The van der Waals surface area contributed by atoms with E-state index in [1.165, 1.54) is 12.1 Å². The van der Waals surface area contributed by atoms with Crippen LogP contribution in [-0.4, -0.2) is 60.9 Å². The molecule has 6 rings (SSSR count). The van der Waals surface area contributed by atoms with Gasteiger partial charge in [-0.25, -0.2) is 17.9 Å². The largest absolute Gasteiger partial charge is 0.485 e. The number of hydrogen-bond acceptors (Lipinski definition) is 8. The Hall–Kier alpha value is -1.88. The van der Waals surface area contributed by atoms with Gasteiger partial charge >= 0.3 is 6.09 Å². The third kappa shape index (κ3) is 6.12. The summed E-state index contributed by atoms with van der Waals surface area (Å²) in [6, 6.07) is 4.54. The topological polar surface area (TPSA) is 142 Å². The van der Waals surface area contributed by atoms with Crippen molar-refractivity contribution in [3.8, 4) is 5.75 Å². The fourth-order valence-electron chi connectivity index (χ4n) is 11.6. The van der Waals surface area contributed by atoms with Gasteiger partial charge in [0.1, 0.15) is 11.4 Å². The number of amides is 1. The van der Waals surface area contributed by atoms with Gasteiger partial charge in [-0.2, -0.15) is 0 Å². The minimum Gasteiger partial charge on any atom is -0.485 e. The van der Waals surface area contributed by atoms with Gasteiger partial charge < -0.3 is 24.8 Å². The second-order valence-electron chi connectivity index (χ2n) is 16.6. The first-order valence-electron chi connectivity index (χ1n) is 18.1. The molecule has 4 fully saturated rings. The van der Waals surface area contributed by atoms with Gasteiger partial charge in [-0.05, 0) is 147 Å². The van der Waals surface area contributed by atoms with Gasteiger partial charge in [0.2, 0.25) is 0 Å². The number of carbonyl (C=O) groups is 1. The molecule has 1 amide bonds. The Morgan fingerprint density at radius 3 is 2.49 bits per heavy atom.